The zero-order valence-corrected chi connectivity index (χ0v) is 18.9. The van der Waals surface area contributed by atoms with E-state index in [0.717, 1.165) is 29.4 Å². The molecule has 0 saturated heterocycles. The van der Waals surface area contributed by atoms with Crippen LogP contribution in [0.1, 0.15) is 90.2 Å². The van der Waals surface area contributed by atoms with E-state index in [2.05, 4.69) is 67.1 Å². The van der Waals surface area contributed by atoms with Crippen LogP contribution in [-0.4, -0.2) is 33.4 Å². The number of fused-ring (bicyclic) bond motifs is 1. The number of aryl methyl sites for hydroxylation is 1. The van der Waals surface area contributed by atoms with Crippen molar-refractivity contribution in [2.45, 2.75) is 92.5 Å². The van der Waals surface area contributed by atoms with Crippen LogP contribution in [0.15, 0.2) is 12.1 Å². The van der Waals surface area contributed by atoms with Crippen molar-refractivity contribution < 1.29 is 0 Å². The smallest absolute Gasteiger partial charge is 0.116 e. The van der Waals surface area contributed by atoms with E-state index in [9.17, 15) is 0 Å². The molecule has 0 aliphatic heterocycles. The van der Waals surface area contributed by atoms with E-state index in [1.165, 1.54) is 75.6 Å². The van der Waals surface area contributed by atoms with Crippen molar-refractivity contribution in [3.63, 3.8) is 0 Å². The minimum atomic E-state index is 0.805. The van der Waals surface area contributed by atoms with Gasteiger partial charge in [0.1, 0.15) is 5.52 Å². The molecule has 0 aliphatic rings. The summed E-state index contributed by atoms with van der Waals surface area (Å²) in [7, 11) is 0. The summed E-state index contributed by atoms with van der Waals surface area (Å²) in [5.74, 6) is 1.61. The highest BCUT2D eigenvalue weighted by molar-refractivity contribution is 5.78. The Morgan fingerprint density at radius 1 is 0.929 bits per heavy atom. The lowest BCUT2D eigenvalue weighted by Gasteiger charge is -2.31. The first-order chi connectivity index (χ1) is 13.6. The van der Waals surface area contributed by atoms with E-state index in [0.29, 0.717) is 0 Å². The molecule has 1 heterocycles. The summed E-state index contributed by atoms with van der Waals surface area (Å²) in [6.07, 6.45) is 10.6. The van der Waals surface area contributed by atoms with E-state index in [1.807, 2.05) is 0 Å². The first-order valence-electron chi connectivity index (χ1n) is 11.6. The number of unbranched alkanes of at least 4 members (excludes halogenated alkanes) is 2. The summed E-state index contributed by atoms with van der Waals surface area (Å²) in [4.78, 5) is 2.74. The van der Waals surface area contributed by atoms with Crippen LogP contribution < -0.4 is 0 Å². The molecule has 1 aromatic carbocycles. The SMILES string of the molecule is CCCCC(CC)CN(Cc1ccc2[nH]nnc2c1C)CC(CC)CCCC. The molecule has 2 aromatic rings. The third kappa shape index (κ3) is 6.58. The normalized spacial score (nSPS) is 14.1. The number of nitrogens with zero attached hydrogens (tertiary/aromatic N) is 3. The molecule has 2 atom stereocenters. The quantitative estimate of drug-likeness (QED) is 0.403. The van der Waals surface area contributed by atoms with Crippen molar-refractivity contribution in [2.24, 2.45) is 11.8 Å². The number of H-pyrrole nitrogens is 1. The Bertz CT molecular complexity index is 660. The van der Waals surface area contributed by atoms with Gasteiger partial charge in [-0.05, 0) is 48.8 Å². The summed E-state index contributed by atoms with van der Waals surface area (Å²) in [6.45, 7) is 15.0. The van der Waals surface area contributed by atoms with Gasteiger partial charge in [0.05, 0.1) is 5.52 Å². The largest absolute Gasteiger partial charge is 0.299 e. The molecule has 0 saturated carbocycles. The second-order valence-electron chi connectivity index (χ2n) is 8.58. The van der Waals surface area contributed by atoms with Crippen LogP contribution in [0.3, 0.4) is 0 Å². The van der Waals surface area contributed by atoms with Crippen molar-refractivity contribution in [1.82, 2.24) is 20.3 Å². The lowest BCUT2D eigenvalue weighted by molar-refractivity contribution is 0.174. The predicted molar refractivity (Wildman–Crippen MR) is 121 cm³/mol. The molecule has 1 aromatic heterocycles. The lowest BCUT2D eigenvalue weighted by atomic mass is 9.95. The summed E-state index contributed by atoms with van der Waals surface area (Å²) in [6, 6.07) is 4.41. The maximum absolute atomic E-state index is 4.30. The van der Waals surface area contributed by atoms with Gasteiger partial charge >= 0.3 is 0 Å². The van der Waals surface area contributed by atoms with Crippen molar-refractivity contribution in [3.05, 3.63) is 23.3 Å². The molecule has 0 spiro atoms. The van der Waals surface area contributed by atoms with Crippen molar-refractivity contribution in [3.8, 4) is 0 Å². The topological polar surface area (TPSA) is 44.8 Å². The van der Waals surface area contributed by atoms with Crippen LogP contribution in [0.5, 0.6) is 0 Å². The summed E-state index contributed by atoms with van der Waals surface area (Å²) in [5.41, 5.74) is 4.74. The minimum absolute atomic E-state index is 0.805. The van der Waals surface area contributed by atoms with Gasteiger partial charge in [0.15, 0.2) is 0 Å². The number of rotatable bonds is 14. The number of aromatic nitrogens is 3. The minimum Gasteiger partial charge on any atom is -0.299 e. The highest BCUT2D eigenvalue weighted by atomic mass is 15.3. The first-order valence-corrected chi connectivity index (χ1v) is 11.6. The molecular weight excluding hydrogens is 344 g/mol. The Labute approximate surface area is 172 Å². The molecule has 2 rings (SSSR count). The van der Waals surface area contributed by atoms with Crippen LogP contribution in [0.4, 0.5) is 0 Å². The highest BCUT2D eigenvalue weighted by Gasteiger charge is 2.18. The molecule has 0 radical (unpaired) electrons. The van der Waals surface area contributed by atoms with Crippen LogP contribution in [0.25, 0.3) is 11.0 Å². The molecule has 0 amide bonds. The van der Waals surface area contributed by atoms with Gasteiger partial charge in [-0.3, -0.25) is 10.00 Å². The van der Waals surface area contributed by atoms with E-state index in [-0.39, 0.29) is 0 Å². The van der Waals surface area contributed by atoms with E-state index < -0.39 is 0 Å². The average Bonchev–Trinajstić information content (AvgIpc) is 3.19. The summed E-state index contributed by atoms with van der Waals surface area (Å²) < 4.78 is 0. The number of hydrogen-bond acceptors (Lipinski definition) is 3. The Morgan fingerprint density at radius 3 is 2.07 bits per heavy atom. The van der Waals surface area contributed by atoms with Gasteiger partial charge in [0.25, 0.3) is 0 Å². The maximum atomic E-state index is 4.30. The third-order valence-electron chi connectivity index (χ3n) is 6.38. The standard InChI is InChI=1S/C24H42N4/c1-6-10-12-20(8-3)16-28(17-21(9-4)13-11-7-2)18-22-14-15-23-24(19(22)5)26-27-25-23/h14-15,20-21H,6-13,16-18H2,1-5H3,(H,25,26,27). The zero-order chi connectivity index (χ0) is 20.4. The first kappa shape index (κ1) is 22.9. The Kier molecular flexibility index (Phi) is 9.97. The maximum Gasteiger partial charge on any atom is 0.116 e. The van der Waals surface area contributed by atoms with Gasteiger partial charge < -0.3 is 0 Å². The fourth-order valence-corrected chi connectivity index (χ4v) is 4.27. The zero-order valence-electron chi connectivity index (χ0n) is 18.9. The van der Waals surface area contributed by atoms with Crippen LogP contribution >= 0.6 is 0 Å². The molecule has 0 aliphatic carbocycles. The van der Waals surface area contributed by atoms with Gasteiger partial charge in [-0.25, -0.2) is 0 Å². The highest BCUT2D eigenvalue weighted by Crippen LogP contribution is 2.23. The number of benzene rings is 1. The molecule has 1 N–H and O–H groups in total. The summed E-state index contributed by atoms with van der Waals surface area (Å²) >= 11 is 0. The fraction of sp³-hybridized carbons (Fsp3) is 0.750. The van der Waals surface area contributed by atoms with Gasteiger partial charge in [-0.2, -0.15) is 0 Å². The molecule has 28 heavy (non-hydrogen) atoms. The van der Waals surface area contributed by atoms with Gasteiger partial charge in [-0.15, -0.1) is 5.10 Å². The van der Waals surface area contributed by atoms with E-state index in [4.69, 9.17) is 0 Å². The van der Waals surface area contributed by atoms with E-state index in [1.54, 1.807) is 0 Å². The van der Waals surface area contributed by atoms with Gasteiger partial charge in [-0.1, -0.05) is 77.5 Å². The molecule has 158 valence electrons. The third-order valence-corrected chi connectivity index (χ3v) is 6.38. The molecular formula is C24H42N4. The average molecular weight is 387 g/mol. The van der Waals surface area contributed by atoms with Crippen molar-refractivity contribution in [2.75, 3.05) is 13.1 Å². The van der Waals surface area contributed by atoms with Crippen LogP contribution in [0.2, 0.25) is 0 Å². The Morgan fingerprint density at radius 2 is 1.54 bits per heavy atom. The second kappa shape index (κ2) is 12.2. The van der Waals surface area contributed by atoms with E-state index >= 15 is 0 Å². The van der Waals surface area contributed by atoms with Crippen molar-refractivity contribution in [1.29, 1.82) is 0 Å². The molecule has 4 heteroatoms. The Balaban J connectivity index is 2.16. The lowest BCUT2D eigenvalue weighted by Crippen LogP contribution is -2.34. The fourth-order valence-electron chi connectivity index (χ4n) is 4.27. The number of aromatic amines is 1. The van der Waals surface area contributed by atoms with Crippen molar-refractivity contribution >= 4 is 11.0 Å². The predicted octanol–water partition coefficient (Wildman–Crippen LogP) is 6.50. The molecule has 4 nitrogen and oxygen atoms in total. The van der Waals surface area contributed by atoms with Gasteiger partial charge in [0, 0.05) is 19.6 Å². The molecule has 0 fully saturated rings. The Hall–Kier alpha value is -1.42. The van der Waals surface area contributed by atoms with Gasteiger partial charge in [0.2, 0.25) is 0 Å². The second-order valence-corrected chi connectivity index (χ2v) is 8.58. The number of nitrogens with one attached hydrogen (secondary N) is 1. The summed E-state index contributed by atoms with van der Waals surface area (Å²) in [5, 5.41) is 11.3. The number of hydrogen-bond donors (Lipinski definition) is 1. The molecule has 0 bridgehead atoms. The van der Waals surface area contributed by atoms with Crippen LogP contribution in [0, 0.1) is 18.8 Å². The van der Waals surface area contributed by atoms with Crippen LogP contribution in [-0.2, 0) is 6.54 Å². The monoisotopic (exact) mass is 386 g/mol. The molecule has 2 unspecified atom stereocenters.